The number of nitrogens with two attached hydrogens (primary N) is 1. The van der Waals surface area contributed by atoms with Crippen molar-refractivity contribution in [3.8, 4) is 0 Å². The molecule has 12 heavy (non-hydrogen) atoms. The minimum absolute atomic E-state index is 0.00186. The summed E-state index contributed by atoms with van der Waals surface area (Å²) in [4.78, 5) is 10.9. The molecular weight excluding hydrogens is 154 g/mol. The smallest absolute Gasteiger partial charge is 0.221 e. The van der Waals surface area contributed by atoms with Gasteiger partial charge in [0.05, 0.1) is 0 Å². The van der Waals surface area contributed by atoms with Gasteiger partial charge in [0.1, 0.15) is 0 Å². The molecule has 0 bridgehead atoms. The summed E-state index contributed by atoms with van der Waals surface area (Å²) in [5, 5.41) is 5.63. The second-order valence-electron chi connectivity index (χ2n) is 2.51. The van der Waals surface area contributed by atoms with Crippen LogP contribution in [-0.2, 0) is 4.79 Å². The van der Waals surface area contributed by atoms with E-state index in [2.05, 4.69) is 17.2 Å². The van der Waals surface area contributed by atoms with Crippen LogP contribution in [0.4, 0.5) is 0 Å². The maximum Gasteiger partial charge on any atom is 0.221 e. The molecule has 0 saturated heterocycles. The number of carbonyl (C=O) groups is 1. The Morgan fingerprint density at radius 2 is 2.42 bits per heavy atom. The Bertz CT molecular complexity index is 147. The number of nitrogens with one attached hydrogen (secondary N) is 2. The number of carbonyl (C=O) groups excluding carboxylic acids is 1. The van der Waals surface area contributed by atoms with Gasteiger partial charge in [-0.3, -0.25) is 4.79 Å². The van der Waals surface area contributed by atoms with Gasteiger partial charge >= 0.3 is 0 Å². The Morgan fingerprint density at radius 1 is 1.75 bits per heavy atom. The molecule has 1 unspecified atom stereocenters. The summed E-state index contributed by atoms with van der Waals surface area (Å²) in [5.41, 5.74) is 5.44. The lowest BCUT2D eigenvalue weighted by Crippen LogP contribution is -2.40. The average molecular weight is 171 g/mol. The Balaban J connectivity index is 3.66. The van der Waals surface area contributed by atoms with Gasteiger partial charge in [0.25, 0.3) is 0 Å². The highest BCUT2D eigenvalue weighted by atomic mass is 16.1. The SMILES string of the molecule is C=CCNC(CN)CC(=O)NC. The quantitative estimate of drug-likeness (QED) is 0.459. The van der Waals surface area contributed by atoms with Crippen molar-refractivity contribution in [3.05, 3.63) is 12.7 Å². The Morgan fingerprint density at radius 3 is 2.83 bits per heavy atom. The Kier molecular flexibility index (Phi) is 6.32. The van der Waals surface area contributed by atoms with Crippen molar-refractivity contribution in [2.45, 2.75) is 12.5 Å². The minimum Gasteiger partial charge on any atom is -0.359 e. The number of hydrogen-bond acceptors (Lipinski definition) is 3. The van der Waals surface area contributed by atoms with Crippen LogP contribution in [0.3, 0.4) is 0 Å². The van der Waals surface area contributed by atoms with Crippen molar-refractivity contribution in [2.24, 2.45) is 5.73 Å². The van der Waals surface area contributed by atoms with Gasteiger partial charge in [-0.15, -0.1) is 6.58 Å². The van der Waals surface area contributed by atoms with Gasteiger partial charge in [0.15, 0.2) is 0 Å². The molecule has 0 aromatic rings. The van der Waals surface area contributed by atoms with Crippen LogP contribution >= 0.6 is 0 Å². The first-order valence-corrected chi connectivity index (χ1v) is 3.99. The normalized spacial score (nSPS) is 12.2. The Labute approximate surface area is 73.2 Å². The number of amides is 1. The van der Waals surface area contributed by atoms with E-state index < -0.39 is 0 Å². The zero-order chi connectivity index (χ0) is 9.40. The molecule has 4 heteroatoms. The molecule has 0 fully saturated rings. The molecule has 0 saturated carbocycles. The average Bonchev–Trinajstić information content (AvgIpc) is 2.11. The summed E-state index contributed by atoms with van der Waals surface area (Å²) in [7, 11) is 1.61. The van der Waals surface area contributed by atoms with Gasteiger partial charge in [-0.25, -0.2) is 0 Å². The predicted molar refractivity (Wildman–Crippen MR) is 49.7 cm³/mol. The molecule has 0 radical (unpaired) electrons. The first-order chi connectivity index (χ1) is 5.74. The molecule has 0 rings (SSSR count). The number of rotatable bonds is 6. The van der Waals surface area contributed by atoms with Gasteiger partial charge in [-0.05, 0) is 0 Å². The molecule has 0 aromatic carbocycles. The lowest BCUT2D eigenvalue weighted by atomic mass is 10.2. The standard InChI is InChI=1S/C8H17N3O/c1-3-4-11-7(6-9)5-8(12)10-2/h3,7,11H,1,4-6,9H2,2H3,(H,10,12). The zero-order valence-corrected chi connectivity index (χ0v) is 7.47. The van der Waals surface area contributed by atoms with E-state index in [1.54, 1.807) is 13.1 Å². The fraction of sp³-hybridized carbons (Fsp3) is 0.625. The van der Waals surface area contributed by atoms with Crippen LogP contribution in [0.1, 0.15) is 6.42 Å². The largest absolute Gasteiger partial charge is 0.359 e. The van der Waals surface area contributed by atoms with Crippen LogP contribution in [0.25, 0.3) is 0 Å². The minimum atomic E-state index is 0.00186. The fourth-order valence-electron chi connectivity index (χ4n) is 0.815. The van der Waals surface area contributed by atoms with E-state index >= 15 is 0 Å². The van der Waals surface area contributed by atoms with Crippen LogP contribution in [0.5, 0.6) is 0 Å². The maximum absolute atomic E-state index is 10.9. The lowest BCUT2D eigenvalue weighted by molar-refractivity contribution is -0.121. The van der Waals surface area contributed by atoms with Gasteiger partial charge in [0.2, 0.25) is 5.91 Å². The lowest BCUT2D eigenvalue weighted by Gasteiger charge is -2.13. The number of hydrogen-bond donors (Lipinski definition) is 3. The van der Waals surface area contributed by atoms with Crippen LogP contribution in [0.2, 0.25) is 0 Å². The topological polar surface area (TPSA) is 67.1 Å². The first-order valence-electron chi connectivity index (χ1n) is 3.99. The van der Waals surface area contributed by atoms with Gasteiger partial charge in [-0.1, -0.05) is 6.08 Å². The highest BCUT2D eigenvalue weighted by Crippen LogP contribution is 1.88. The molecule has 0 aliphatic heterocycles. The van der Waals surface area contributed by atoms with Crippen molar-refractivity contribution < 1.29 is 4.79 Å². The van der Waals surface area contributed by atoms with E-state index in [1.165, 1.54) is 0 Å². The summed E-state index contributed by atoms with van der Waals surface area (Å²) in [6, 6.07) is 0.0444. The third-order valence-corrected chi connectivity index (χ3v) is 1.55. The van der Waals surface area contributed by atoms with Crippen molar-refractivity contribution in [1.82, 2.24) is 10.6 Å². The highest BCUT2D eigenvalue weighted by Gasteiger charge is 2.08. The van der Waals surface area contributed by atoms with E-state index in [-0.39, 0.29) is 11.9 Å². The van der Waals surface area contributed by atoms with Crippen molar-refractivity contribution in [1.29, 1.82) is 0 Å². The van der Waals surface area contributed by atoms with Crippen molar-refractivity contribution in [2.75, 3.05) is 20.1 Å². The zero-order valence-electron chi connectivity index (χ0n) is 7.47. The molecule has 1 amide bonds. The van der Waals surface area contributed by atoms with E-state index in [0.29, 0.717) is 19.5 Å². The van der Waals surface area contributed by atoms with E-state index in [1.807, 2.05) is 0 Å². The highest BCUT2D eigenvalue weighted by molar-refractivity contribution is 5.76. The predicted octanol–water partition coefficient (Wildman–Crippen LogP) is -0.775. The fourth-order valence-corrected chi connectivity index (χ4v) is 0.815. The summed E-state index contributed by atoms with van der Waals surface area (Å²) in [6.07, 6.45) is 2.16. The van der Waals surface area contributed by atoms with Crippen LogP contribution in [0, 0.1) is 0 Å². The molecule has 1 atom stereocenters. The van der Waals surface area contributed by atoms with E-state index in [9.17, 15) is 4.79 Å². The molecular formula is C8H17N3O. The van der Waals surface area contributed by atoms with Crippen LogP contribution in [0.15, 0.2) is 12.7 Å². The summed E-state index contributed by atoms with van der Waals surface area (Å²) < 4.78 is 0. The van der Waals surface area contributed by atoms with E-state index in [4.69, 9.17) is 5.73 Å². The van der Waals surface area contributed by atoms with Crippen molar-refractivity contribution >= 4 is 5.91 Å². The molecule has 0 spiro atoms. The molecule has 70 valence electrons. The van der Waals surface area contributed by atoms with Crippen LogP contribution in [-0.4, -0.2) is 32.1 Å². The molecule has 0 heterocycles. The molecule has 4 nitrogen and oxygen atoms in total. The molecule has 4 N–H and O–H groups in total. The van der Waals surface area contributed by atoms with Gasteiger partial charge in [0, 0.05) is 32.6 Å². The monoisotopic (exact) mass is 171 g/mol. The van der Waals surface area contributed by atoms with Gasteiger partial charge in [-0.2, -0.15) is 0 Å². The van der Waals surface area contributed by atoms with Crippen LogP contribution < -0.4 is 16.4 Å². The molecule has 0 aliphatic carbocycles. The van der Waals surface area contributed by atoms with E-state index in [0.717, 1.165) is 0 Å². The third kappa shape index (κ3) is 4.87. The second kappa shape index (κ2) is 6.82. The van der Waals surface area contributed by atoms with Crippen molar-refractivity contribution in [3.63, 3.8) is 0 Å². The third-order valence-electron chi connectivity index (χ3n) is 1.55. The maximum atomic E-state index is 10.9. The Hall–Kier alpha value is -0.870. The summed E-state index contributed by atoms with van der Waals surface area (Å²) >= 11 is 0. The first kappa shape index (κ1) is 11.1. The van der Waals surface area contributed by atoms with Gasteiger partial charge < -0.3 is 16.4 Å². The molecule has 0 aliphatic rings. The molecule has 0 aromatic heterocycles. The second-order valence-corrected chi connectivity index (χ2v) is 2.51. The summed E-state index contributed by atoms with van der Waals surface area (Å²) in [6.45, 7) is 4.70. The summed E-state index contributed by atoms with van der Waals surface area (Å²) in [5.74, 6) is 0.00186.